The number of methoxy groups -OCH3 is 2. The molecule has 0 spiro atoms. The first kappa shape index (κ1) is 21.8. The summed E-state index contributed by atoms with van der Waals surface area (Å²) in [5.41, 5.74) is 10.9. The van der Waals surface area contributed by atoms with Crippen LogP contribution >= 0.6 is 0 Å². The van der Waals surface area contributed by atoms with Gasteiger partial charge in [-0.1, -0.05) is 91.9 Å². The molecule has 1 saturated carbocycles. The van der Waals surface area contributed by atoms with E-state index in [9.17, 15) is 0 Å². The predicted molar refractivity (Wildman–Crippen MR) is 138 cm³/mol. The Morgan fingerprint density at radius 3 is 1.41 bits per heavy atom. The minimum Gasteiger partial charge on any atom is -0.497 e. The van der Waals surface area contributed by atoms with Gasteiger partial charge in [0.15, 0.2) is 0 Å². The van der Waals surface area contributed by atoms with Crippen LogP contribution in [0.3, 0.4) is 0 Å². The number of hydrogen-bond acceptors (Lipinski definition) is 2. The van der Waals surface area contributed by atoms with Gasteiger partial charge in [-0.15, -0.1) is 5.73 Å². The first-order chi connectivity index (χ1) is 16.7. The number of benzene rings is 4. The Kier molecular flexibility index (Phi) is 5.84. The molecule has 0 aliphatic heterocycles. The van der Waals surface area contributed by atoms with Crippen LogP contribution in [0.4, 0.5) is 0 Å². The monoisotopic (exact) mass is 444 g/mol. The maximum absolute atomic E-state index is 5.43. The van der Waals surface area contributed by atoms with Gasteiger partial charge in [-0.05, 0) is 52.1 Å². The summed E-state index contributed by atoms with van der Waals surface area (Å²) >= 11 is 0. The summed E-state index contributed by atoms with van der Waals surface area (Å²) in [6, 6.07) is 38.0. The van der Waals surface area contributed by atoms with Crippen molar-refractivity contribution in [3.05, 3.63) is 143 Å². The van der Waals surface area contributed by atoms with E-state index in [4.69, 9.17) is 9.47 Å². The maximum atomic E-state index is 5.43. The van der Waals surface area contributed by atoms with E-state index in [0.29, 0.717) is 5.92 Å². The molecule has 2 nitrogen and oxygen atoms in total. The molecule has 4 aromatic rings. The largest absolute Gasteiger partial charge is 0.497 e. The van der Waals surface area contributed by atoms with E-state index in [2.05, 4.69) is 97.6 Å². The van der Waals surface area contributed by atoms with Crippen LogP contribution in [-0.2, 0) is 5.41 Å². The Labute approximate surface area is 201 Å². The van der Waals surface area contributed by atoms with Crippen LogP contribution in [0.1, 0.15) is 29.2 Å². The van der Waals surface area contributed by atoms with Crippen LogP contribution in [0, 0.1) is 5.92 Å². The third kappa shape index (κ3) is 3.73. The van der Waals surface area contributed by atoms with Crippen LogP contribution < -0.4 is 9.47 Å². The molecule has 1 atom stereocenters. The van der Waals surface area contributed by atoms with Crippen LogP contribution in [0.5, 0.6) is 11.5 Å². The van der Waals surface area contributed by atoms with E-state index in [0.717, 1.165) is 17.1 Å². The number of allylic oxidation sites excluding steroid dienone is 1. The van der Waals surface area contributed by atoms with Crippen molar-refractivity contribution in [1.82, 2.24) is 0 Å². The molecule has 0 N–H and O–H groups in total. The van der Waals surface area contributed by atoms with E-state index in [1.165, 1.54) is 27.8 Å². The van der Waals surface area contributed by atoms with Crippen molar-refractivity contribution in [1.29, 1.82) is 0 Å². The topological polar surface area (TPSA) is 18.5 Å². The van der Waals surface area contributed by atoms with E-state index in [1.54, 1.807) is 14.2 Å². The highest BCUT2D eigenvalue weighted by Crippen LogP contribution is 2.63. The lowest BCUT2D eigenvalue weighted by molar-refractivity contribution is 0.414. The molecule has 0 heterocycles. The molecule has 5 rings (SSSR count). The number of hydrogen-bond donors (Lipinski definition) is 0. The first-order valence-corrected chi connectivity index (χ1v) is 11.6. The van der Waals surface area contributed by atoms with Crippen molar-refractivity contribution in [3.63, 3.8) is 0 Å². The lowest BCUT2D eigenvalue weighted by Crippen LogP contribution is -2.12. The van der Waals surface area contributed by atoms with E-state index < -0.39 is 0 Å². The van der Waals surface area contributed by atoms with Gasteiger partial charge in [-0.2, -0.15) is 0 Å². The van der Waals surface area contributed by atoms with Crippen molar-refractivity contribution in [2.75, 3.05) is 14.2 Å². The highest BCUT2D eigenvalue weighted by Gasteiger charge is 2.59. The Morgan fingerprint density at radius 1 is 0.618 bits per heavy atom. The Hall–Kier alpha value is -4.00. The molecule has 0 saturated heterocycles. The quantitative estimate of drug-likeness (QED) is 0.291. The molecule has 0 amide bonds. The Morgan fingerprint density at radius 2 is 1.03 bits per heavy atom. The number of rotatable bonds is 6. The van der Waals surface area contributed by atoms with Gasteiger partial charge in [-0.25, -0.2) is 0 Å². The fourth-order valence-corrected chi connectivity index (χ4v) is 5.03. The van der Waals surface area contributed by atoms with Gasteiger partial charge in [-0.3, -0.25) is 0 Å². The second-order valence-corrected chi connectivity index (χ2v) is 8.63. The molecule has 168 valence electrons. The lowest BCUT2D eigenvalue weighted by Gasteiger charge is -2.18. The maximum Gasteiger partial charge on any atom is 0.118 e. The molecule has 2 heteroatoms. The predicted octanol–water partition coefficient (Wildman–Crippen LogP) is 7.30. The molecule has 0 radical (unpaired) electrons. The molecule has 1 unspecified atom stereocenters. The summed E-state index contributed by atoms with van der Waals surface area (Å²) < 4.78 is 10.9. The van der Waals surface area contributed by atoms with Gasteiger partial charge in [0.05, 0.1) is 19.6 Å². The second-order valence-electron chi connectivity index (χ2n) is 8.63. The van der Waals surface area contributed by atoms with Crippen molar-refractivity contribution < 1.29 is 9.47 Å². The first-order valence-electron chi connectivity index (χ1n) is 11.6. The van der Waals surface area contributed by atoms with Crippen LogP contribution in [0.25, 0.3) is 5.57 Å². The smallest absolute Gasteiger partial charge is 0.118 e. The van der Waals surface area contributed by atoms with E-state index >= 15 is 0 Å². The minimum absolute atomic E-state index is 0.243. The van der Waals surface area contributed by atoms with Crippen molar-refractivity contribution in [2.24, 2.45) is 5.92 Å². The zero-order valence-corrected chi connectivity index (χ0v) is 19.8. The highest BCUT2D eigenvalue weighted by molar-refractivity contribution is 5.81. The molecule has 1 aliphatic carbocycles. The third-order valence-electron chi connectivity index (χ3n) is 6.90. The fraction of sp³-hybridized carbons (Fsp3) is 0.156. The standard InChI is InChI=1S/C32H28O2/c1-23-31(22-30(24-10-6-4-7-11-24)25-12-8-5-9-13-25)32(23,26-14-18-28(33-2)19-15-26)27-16-20-29(34-3)21-17-27/h4-21,23H,1-3H3. The van der Waals surface area contributed by atoms with Gasteiger partial charge < -0.3 is 9.47 Å². The Bertz CT molecular complexity index is 1240. The lowest BCUT2D eigenvalue weighted by atomic mass is 9.85. The average molecular weight is 445 g/mol. The number of ether oxygens (including phenoxy) is 2. The molecule has 4 aromatic carbocycles. The van der Waals surface area contributed by atoms with Crippen LogP contribution in [-0.4, -0.2) is 14.2 Å². The summed E-state index contributed by atoms with van der Waals surface area (Å²) in [6.45, 7) is 2.30. The normalized spacial score (nSPS) is 15.9. The summed E-state index contributed by atoms with van der Waals surface area (Å²) in [6.07, 6.45) is 0. The van der Waals surface area contributed by atoms with Gasteiger partial charge in [0, 0.05) is 11.5 Å². The SMILES string of the molecule is COc1ccc(C2(c3ccc(OC)cc3)C(=C=C(c3ccccc3)c3ccccc3)C2C)cc1. The highest BCUT2D eigenvalue weighted by atomic mass is 16.5. The minimum atomic E-state index is -0.243. The van der Waals surface area contributed by atoms with Crippen molar-refractivity contribution in [2.45, 2.75) is 12.3 Å². The van der Waals surface area contributed by atoms with Crippen LogP contribution in [0.15, 0.2) is 120 Å². The zero-order chi connectivity index (χ0) is 23.5. The molecule has 0 aromatic heterocycles. The fourth-order valence-electron chi connectivity index (χ4n) is 5.03. The van der Waals surface area contributed by atoms with Gasteiger partial charge in [0.2, 0.25) is 0 Å². The van der Waals surface area contributed by atoms with Gasteiger partial charge in [0.1, 0.15) is 11.5 Å². The van der Waals surface area contributed by atoms with Gasteiger partial charge in [0.25, 0.3) is 0 Å². The van der Waals surface area contributed by atoms with Crippen LogP contribution in [0.2, 0.25) is 0 Å². The Balaban J connectivity index is 1.76. The van der Waals surface area contributed by atoms with E-state index in [1.807, 2.05) is 24.3 Å². The molecular weight excluding hydrogens is 416 g/mol. The van der Waals surface area contributed by atoms with E-state index in [-0.39, 0.29) is 5.41 Å². The molecule has 1 aliphatic rings. The molecular formula is C32H28O2. The van der Waals surface area contributed by atoms with Crippen molar-refractivity contribution >= 4 is 5.57 Å². The molecule has 0 bridgehead atoms. The van der Waals surface area contributed by atoms with Gasteiger partial charge >= 0.3 is 0 Å². The third-order valence-corrected chi connectivity index (χ3v) is 6.90. The summed E-state index contributed by atoms with van der Waals surface area (Å²) in [5.74, 6) is 2.02. The zero-order valence-electron chi connectivity index (χ0n) is 19.8. The summed E-state index contributed by atoms with van der Waals surface area (Å²) in [5, 5.41) is 0. The summed E-state index contributed by atoms with van der Waals surface area (Å²) in [7, 11) is 3.40. The average Bonchev–Trinajstić information content (AvgIpc) is 3.51. The van der Waals surface area contributed by atoms with Crippen molar-refractivity contribution in [3.8, 4) is 11.5 Å². The molecule has 1 fully saturated rings. The summed E-state index contributed by atoms with van der Waals surface area (Å²) in [4.78, 5) is 0. The second kappa shape index (κ2) is 9.09. The molecule has 34 heavy (non-hydrogen) atoms.